The molecular weight excluding hydrogens is 361 g/mol. The van der Waals surface area contributed by atoms with E-state index >= 15 is 0 Å². The van der Waals surface area contributed by atoms with Crippen LogP contribution in [0.1, 0.15) is 18.1 Å². The molecular formula is C18H15ClFN3OS. The predicted molar refractivity (Wildman–Crippen MR) is 101 cm³/mol. The number of hydrogen-bond donors (Lipinski definition) is 1. The molecule has 25 heavy (non-hydrogen) atoms. The summed E-state index contributed by atoms with van der Waals surface area (Å²) in [5, 5.41) is 11.8. The second-order valence-corrected chi connectivity index (χ2v) is 7.16. The van der Waals surface area contributed by atoms with E-state index < -0.39 is 0 Å². The molecule has 0 spiro atoms. The number of halogens is 2. The molecule has 0 aromatic heterocycles. The number of rotatable bonds is 4. The third kappa shape index (κ3) is 4.67. The summed E-state index contributed by atoms with van der Waals surface area (Å²) in [6.07, 6.45) is 0.566. The molecule has 0 saturated carbocycles. The average molecular weight is 376 g/mol. The van der Waals surface area contributed by atoms with Gasteiger partial charge in [-0.1, -0.05) is 47.6 Å². The largest absolute Gasteiger partial charge is 0.303 e. The third-order valence-corrected chi connectivity index (χ3v) is 4.95. The van der Waals surface area contributed by atoms with Gasteiger partial charge in [-0.15, -0.1) is 5.10 Å². The fraction of sp³-hybridized carbons (Fsp3) is 0.167. The highest BCUT2D eigenvalue weighted by Gasteiger charge is 2.30. The van der Waals surface area contributed by atoms with E-state index in [1.807, 2.05) is 18.2 Å². The van der Waals surface area contributed by atoms with Crippen LogP contribution in [-0.2, 0) is 11.2 Å². The maximum absolute atomic E-state index is 12.9. The Morgan fingerprint density at radius 1 is 1.28 bits per heavy atom. The topological polar surface area (TPSA) is 53.8 Å². The first-order valence-electron chi connectivity index (χ1n) is 7.61. The Hall–Kier alpha value is -2.18. The molecule has 4 nitrogen and oxygen atoms in total. The van der Waals surface area contributed by atoms with E-state index in [4.69, 9.17) is 11.6 Å². The first kappa shape index (κ1) is 17.6. The van der Waals surface area contributed by atoms with Gasteiger partial charge in [0.2, 0.25) is 5.91 Å². The van der Waals surface area contributed by atoms with Gasteiger partial charge >= 0.3 is 0 Å². The molecule has 1 fully saturated rings. The Balaban J connectivity index is 1.68. The van der Waals surface area contributed by atoms with Crippen LogP contribution in [0, 0.1) is 5.82 Å². The highest BCUT2D eigenvalue weighted by Crippen LogP contribution is 2.24. The van der Waals surface area contributed by atoms with Crippen molar-refractivity contribution in [2.75, 3.05) is 0 Å². The molecule has 1 saturated heterocycles. The summed E-state index contributed by atoms with van der Waals surface area (Å²) in [5.41, 5.74) is 2.41. The number of thioether (sulfide) groups is 1. The molecule has 1 N–H and O–H groups in total. The molecule has 2 aromatic carbocycles. The van der Waals surface area contributed by atoms with Crippen LogP contribution in [0.25, 0.3) is 0 Å². The van der Waals surface area contributed by atoms with Crippen molar-refractivity contribution in [3.05, 3.63) is 70.5 Å². The fourth-order valence-electron chi connectivity index (χ4n) is 2.33. The van der Waals surface area contributed by atoms with Crippen molar-refractivity contribution in [3.63, 3.8) is 0 Å². The average Bonchev–Trinajstić information content (AvgIpc) is 2.93. The quantitative estimate of drug-likeness (QED) is 0.647. The number of hydrogen-bond acceptors (Lipinski definition) is 4. The normalized spacial score (nSPS) is 19.3. The molecule has 1 aliphatic heterocycles. The Morgan fingerprint density at radius 2 is 2.04 bits per heavy atom. The molecule has 1 heterocycles. The smallest absolute Gasteiger partial charge is 0.239 e. The van der Waals surface area contributed by atoms with Crippen molar-refractivity contribution in [3.8, 4) is 0 Å². The van der Waals surface area contributed by atoms with Crippen molar-refractivity contribution in [1.29, 1.82) is 0 Å². The highest BCUT2D eigenvalue weighted by atomic mass is 35.5. The molecule has 1 amide bonds. The molecule has 1 atom stereocenters. The van der Waals surface area contributed by atoms with Crippen LogP contribution in [0.3, 0.4) is 0 Å². The minimum absolute atomic E-state index is 0.0987. The summed E-state index contributed by atoms with van der Waals surface area (Å²) in [4.78, 5) is 12.1. The monoisotopic (exact) mass is 375 g/mol. The number of amidine groups is 1. The fourth-order valence-corrected chi connectivity index (χ4v) is 3.51. The number of carbonyl (C=O) groups is 1. The summed E-state index contributed by atoms with van der Waals surface area (Å²) in [6, 6.07) is 13.5. The van der Waals surface area contributed by atoms with Crippen LogP contribution in [0.5, 0.6) is 0 Å². The Kier molecular flexibility index (Phi) is 5.50. The number of carbonyl (C=O) groups excluding carboxylic acids is 1. The Labute approximate surface area is 154 Å². The maximum atomic E-state index is 12.9. The number of nitrogens with one attached hydrogen (secondary N) is 1. The molecule has 2 aromatic rings. The minimum Gasteiger partial charge on any atom is -0.303 e. The summed E-state index contributed by atoms with van der Waals surface area (Å²) < 4.78 is 12.9. The SMILES string of the molecule is C/C(=N/N=C1/NC(=O)[C@H](Cc2cccc(Cl)c2)S1)c1ccc(F)cc1. The standard InChI is InChI=1S/C18H15ClFN3OS/c1-11(13-5-7-15(20)8-6-13)22-23-18-21-17(24)16(25-18)10-12-3-2-4-14(19)9-12/h2-9,16H,10H2,1H3,(H,21,23,24)/b22-11-/t16-/m0/s1. The van der Waals surface area contributed by atoms with Crippen LogP contribution in [0.15, 0.2) is 58.7 Å². The molecule has 0 unspecified atom stereocenters. The lowest BCUT2D eigenvalue weighted by Crippen LogP contribution is -2.25. The molecule has 3 rings (SSSR count). The first-order chi connectivity index (χ1) is 12.0. The van der Waals surface area contributed by atoms with Gasteiger partial charge in [0, 0.05) is 5.02 Å². The second-order valence-electron chi connectivity index (χ2n) is 5.53. The lowest BCUT2D eigenvalue weighted by Gasteiger charge is -2.05. The van der Waals surface area contributed by atoms with Crippen molar-refractivity contribution < 1.29 is 9.18 Å². The van der Waals surface area contributed by atoms with Gasteiger partial charge < -0.3 is 5.32 Å². The van der Waals surface area contributed by atoms with Crippen LogP contribution in [0.2, 0.25) is 5.02 Å². The third-order valence-electron chi connectivity index (χ3n) is 3.64. The molecule has 0 bridgehead atoms. The van der Waals surface area contributed by atoms with Crippen molar-refractivity contribution in [2.24, 2.45) is 10.2 Å². The van der Waals surface area contributed by atoms with Gasteiger partial charge in [0.05, 0.1) is 11.0 Å². The lowest BCUT2D eigenvalue weighted by molar-refractivity contribution is -0.118. The maximum Gasteiger partial charge on any atom is 0.239 e. The van der Waals surface area contributed by atoms with Gasteiger partial charge in [0.15, 0.2) is 5.17 Å². The molecule has 0 aliphatic carbocycles. The van der Waals surface area contributed by atoms with Gasteiger partial charge in [-0.25, -0.2) is 4.39 Å². The van der Waals surface area contributed by atoms with E-state index in [2.05, 4.69) is 15.5 Å². The molecule has 0 radical (unpaired) electrons. The highest BCUT2D eigenvalue weighted by molar-refractivity contribution is 8.15. The van der Waals surface area contributed by atoms with E-state index in [0.717, 1.165) is 11.1 Å². The lowest BCUT2D eigenvalue weighted by atomic mass is 10.1. The predicted octanol–water partition coefficient (Wildman–Crippen LogP) is 4.03. The zero-order valence-electron chi connectivity index (χ0n) is 13.4. The first-order valence-corrected chi connectivity index (χ1v) is 8.87. The van der Waals surface area contributed by atoms with E-state index in [9.17, 15) is 9.18 Å². The van der Waals surface area contributed by atoms with Crippen molar-refractivity contribution in [1.82, 2.24) is 5.32 Å². The molecule has 128 valence electrons. The van der Waals surface area contributed by atoms with Gasteiger partial charge in [0.25, 0.3) is 0 Å². The Bertz CT molecular complexity index is 852. The van der Waals surface area contributed by atoms with E-state index in [1.54, 1.807) is 25.1 Å². The molecule has 7 heteroatoms. The summed E-state index contributed by atoms with van der Waals surface area (Å²) >= 11 is 7.31. The van der Waals surface area contributed by atoms with E-state index in [1.165, 1.54) is 23.9 Å². The van der Waals surface area contributed by atoms with Gasteiger partial charge in [0.1, 0.15) is 5.82 Å². The number of amides is 1. The second kappa shape index (κ2) is 7.80. The van der Waals surface area contributed by atoms with Crippen molar-refractivity contribution >= 4 is 40.1 Å². The van der Waals surface area contributed by atoms with Gasteiger partial charge in [-0.2, -0.15) is 5.10 Å². The molecule has 1 aliphatic rings. The van der Waals surface area contributed by atoms with Crippen LogP contribution in [0.4, 0.5) is 4.39 Å². The van der Waals surface area contributed by atoms with Gasteiger partial charge in [-0.3, -0.25) is 4.79 Å². The van der Waals surface area contributed by atoms with Gasteiger partial charge in [-0.05, 0) is 48.7 Å². The number of nitrogens with zero attached hydrogens (tertiary/aromatic N) is 2. The summed E-state index contributed by atoms with van der Waals surface area (Å²) in [7, 11) is 0. The van der Waals surface area contributed by atoms with Crippen LogP contribution < -0.4 is 5.32 Å². The van der Waals surface area contributed by atoms with Crippen molar-refractivity contribution in [2.45, 2.75) is 18.6 Å². The zero-order chi connectivity index (χ0) is 17.8. The Morgan fingerprint density at radius 3 is 2.76 bits per heavy atom. The van der Waals surface area contributed by atoms with E-state index in [-0.39, 0.29) is 17.0 Å². The number of benzene rings is 2. The van der Waals surface area contributed by atoms with E-state index in [0.29, 0.717) is 22.3 Å². The minimum atomic E-state index is -0.301. The zero-order valence-corrected chi connectivity index (χ0v) is 14.9. The summed E-state index contributed by atoms with van der Waals surface area (Å²) in [6.45, 7) is 1.78. The van der Waals surface area contributed by atoms with Crippen LogP contribution >= 0.6 is 23.4 Å². The summed E-state index contributed by atoms with van der Waals surface area (Å²) in [5.74, 6) is -0.399. The van der Waals surface area contributed by atoms with Crippen LogP contribution in [-0.4, -0.2) is 22.0 Å².